The van der Waals surface area contributed by atoms with Crippen LogP contribution in [0.3, 0.4) is 0 Å². The van der Waals surface area contributed by atoms with Gasteiger partial charge in [-0.3, -0.25) is 4.99 Å². The molecule has 31 heavy (non-hydrogen) atoms. The Morgan fingerprint density at radius 1 is 0.935 bits per heavy atom. The second-order valence-corrected chi connectivity index (χ2v) is 7.39. The Kier molecular flexibility index (Phi) is 10.1. The number of aliphatic imine (C=N–C) groups is 1. The van der Waals surface area contributed by atoms with Crippen molar-refractivity contribution in [1.29, 1.82) is 0 Å². The molecule has 0 bridgehead atoms. The summed E-state index contributed by atoms with van der Waals surface area (Å²) in [4.78, 5) is 4.42. The van der Waals surface area contributed by atoms with Crippen LogP contribution in [0.15, 0.2) is 96.0 Å². The zero-order chi connectivity index (χ0) is 22.5. The van der Waals surface area contributed by atoms with Gasteiger partial charge in [-0.2, -0.15) is 0 Å². The molecular weight excluding hydrogens is 380 g/mol. The van der Waals surface area contributed by atoms with Crippen molar-refractivity contribution in [1.82, 2.24) is 5.32 Å². The molecule has 0 spiro atoms. The Balaban J connectivity index is 0.000000220. The third kappa shape index (κ3) is 8.13. The van der Waals surface area contributed by atoms with E-state index in [0.717, 1.165) is 30.1 Å². The van der Waals surface area contributed by atoms with Gasteiger partial charge in [0.05, 0.1) is 5.84 Å². The molecule has 0 aromatic heterocycles. The van der Waals surface area contributed by atoms with Crippen LogP contribution in [0.1, 0.15) is 56.7 Å². The molecule has 162 valence electrons. The molecule has 3 aromatic rings. The van der Waals surface area contributed by atoms with Gasteiger partial charge in [-0.15, -0.1) is 0 Å². The molecule has 0 saturated heterocycles. The van der Waals surface area contributed by atoms with E-state index in [1.54, 1.807) is 6.07 Å². The Labute approximate surface area is 187 Å². The van der Waals surface area contributed by atoms with Gasteiger partial charge in [-0.05, 0) is 49.1 Å². The fourth-order valence-corrected chi connectivity index (χ4v) is 3.17. The van der Waals surface area contributed by atoms with Gasteiger partial charge in [0.15, 0.2) is 0 Å². The normalized spacial score (nSPS) is 12.5. The summed E-state index contributed by atoms with van der Waals surface area (Å²) < 4.78 is 0. The molecule has 0 radical (unpaired) electrons. The van der Waals surface area contributed by atoms with Crippen molar-refractivity contribution >= 4 is 11.5 Å². The van der Waals surface area contributed by atoms with Gasteiger partial charge in [0.1, 0.15) is 5.75 Å². The molecular formula is C28H34N2O. The minimum Gasteiger partial charge on any atom is -0.508 e. The molecule has 3 heteroatoms. The van der Waals surface area contributed by atoms with Gasteiger partial charge in [-0.25, -0.2) is 0 Å². The van der Waals surface area contributed by atoms with E-state index in [2.05, 4.69) is 54.5 Å². The van der Waals surface area contributed by atoms with Crippen molar-refractivity contribution in [3.8, 4) is 5.75 Å². The van der Waals surface area contributed by atoms with Crippen molar-refractivity contribution in [2.24, 2.45) is 4.99 Å². The molecule has 0 aliphatic rings. The van der Waals surface area contributed by atoms with Gasteiger partial charge in [0.25, 0.3) is 0 Å². The lowest BCUT2D eigenvalue weighted by atomic mass is 9.93. The summed E-state index contributed by atoms with van der Waals surface area (Å²) in [6.45, 7) is 9.18. The number of phenols is 1. The summed E-state index contributed by atoms with van der Waals surface area (Å²) in [5.41, 5.74) is 4.71. The molecule has 0 amide bonds. The molecule has 3 aromatic carbocycles. The first-order chi connectivity index (χ1) is 15.0. The van der Waals surface area contributed by atoms with E-state index >= 15 is 0 Å². The molecule has 0 saturated carbocycles. The second-order valence-electron chi connectivity index (χ2n) is 7.39. The zero-order valence-electron chi connectivity index (χ0n) is 19.0. The lowest BCUT2D eigenvalue weighted by Crippen LogP contribution is -2.19. The van der Waals surface area contributed by atoms with Gasteiger partial charge in [0, 0.05) is 18.2 Å². The number of nitrogens with one attached hydrogen (secondary N) is 1. The van der Waals surface area contributed by atoms with Crippen molar-refractivity contribution < 1.29 is 5.11 Å². The first-order valence-corrected chi connectivity index (χ1v) is 10.9. The summed E-state index contributed by atoms with van der Waals surface area (Å²) in [6, 6.07) is 28.0. The fraction of sp³-hybridized carbons (Fsp3) is 0.250. The van der Waals surface area contributed by atoms with E-state index in [1.807, 2.05) is 68.4 Å². The predicted octanol–water partition coefficient (Wildman–Crippen LogP) is 7.01. The molecule has 0 aliphatic carbocycles. The SMILES string of the molecule is C/C=C(\NC(C)=NCCC)c1ccccc1.CC(c1ccccc1)c1cccc(O)c1. The minimum absolute atomic E-state index is 0.318. The van der Waals surface area contributed by atoms with Crippen LogP contribution in [0.5, 0.6) is 5.75 Å². The van der Waals surface area contributed by atoms with E-state index < -0.39 is 0 Å². The number of benzene rings is 3. The van der Waals surface area contributed by atoms with E-state index in [0.29, 0.717) is 11.7 Å². The van der Waals surface area contributed by atoms with E-state index in [-0.39, 0.29) is 0 Å². The molecule has 3 rings (SSSR count). The summed E-state index contributed by atoms with van der Waals surface area (Å²) in [6.07, 6.45) is 3.15. The Bertz CT molecular complexity index is 963. The highest BCUT2D eigenvalue weighted by atomic mass is 16.3. The Hall–Kier alpha value is -3.33. The maximum Gasteiger partial charge on any atom is 0.115 e. The average Bonchev–Trinajstić information content (AvgIpc) is 2.82. The van der Waals surface area contributed by atoms with Crippen molar-refractivity contribution in [3.05, 3.63) is 108 Å². The van der Waals surface area contributed by atoms with Crippen LogP contribution in [0.25, 0.3) is 5.70 Å². The maximum absolute atomic E-state index is 9.41. The quantitative estimate of drug-likeness (QED) is 0.336. The van der Waals surface area contributed by atoms with Crippen LogP contribution in [0.4, 0.5) is 0 Å². The molecule has 0 heterocycles. The summed E-state index contributed by atoms with van der Waals surface area (Å²) in [5, 5.41) is 12.7. The van der Waals surface area contributed by atoms with Crippen LogP contribution in [0, 0.1) is 0 Å². The number of amidine groups is 1. The molecule has 1 unspecified atom stereocenters. The van der Waals surface area contributed by atoms with Crippen LogP contribution >= 0.6 is 0 Å². The lowest BCUT2D eigenvalue weighted by molar-refractivity contribution is 0.474. The third-order valence-electron chi connectivity index (χ3n) is 4.93. The minimum atomic E-state index is 0.318. The molecule has 0 aliphatic heterocycles. The van der Waals surface area contributed by atoms with Gasteiger partial charge < -0.3 is 10.4 Å². The summed E-state index contributed by atoms with van der Waals surface area (Å²) >= 11 is 0. The highest BCUT2D eigenvalue weighted by Crippen LogP contribution is 2.25. The average molecular weight is 415 g/mol. The first-order valence-electron chi connectivity index (χ1n) is 10.9. The molecule has 2 N–H and O–H groups in total. The summed E-state index contributed by atoms with van der Waals surface area (Å²) in [7, 11) is 0. The monoisotopic (exact) mass is 414 g/mol. The molecule has 1 atom stereocenters. The molecule has 0 fully saturated rings. The van der Waals surface area contributed by atoms with Crippen molar-refractivity contribution in [2.45, 2.75) is 40.0 Å². The first kappa shape index (κ1) is 23.9. The second kappa shape index (κ2) is 13.1. The van der Waals surface area contributed by atoms with E-state index in [9.17, 15) is 5.11 Å². The predicted molar refractivity (Wildman–Crippen MR) is 134 cm³/mol. The highest BCUT2D eigenvalue weighted by molar-refractivity contribution is 5.88. The number of rotatable bonds is 6. The maximum atomic E-state index is 9.41. The Morgan fingerprint density at radius 2 is 1.55 bits per heavy atom. The zero-order valence-corrected chi connectivity index (χ0v) is 19.0. The third-order valence-corrected chi connectivity index (χ3v) is 4.93. The van der Waals surface area contributed by atoms with Crippen LogP contribution in [-0.4, -0.2) is 17.5 Å². The largest absolute Gasteiger partial charge is 0.508 e. The lowest BCUT2D eigenvalue weighted by Gasteiger charge is -2.12. The number of allylic oxidation sites excluding steroid dienone is 1. The van der Waals surface area contributed by atoms with Gasteiger partial charge in [0.2, 0.25) is 0 Å². The highest BCUT2D eigenvalue weighted by Gasteiger charge is 2.07. The number of hydrogen-bond acceptors (Lipinski definition) is 2. The van der Waals surface area contributed by atoms with Crippen LogP contribution in [-0.2, 0) is 0 Å². The Morgan fingerprint density at radius 3 is 2.13 bits per heavy atom. The smallest absolute Gasteiger partial charge is 0.115 e. The fourth-order valence-electron chi connectivity index (χ4n) is 3.17. The van der Waals surface area contributed by atoms with E-state index in [1.165, 1.54) is 11.1 Å². The number of nitrogens with zero attached hydrogens (tertiary/aromatic N) is 1. The number of hydrogen-bond donors (Lipinski definition) is 2. The number of phenolic OH excluding ortho intramolecular Hbond substituents is 1. The van der Waals surface area contributed by atoms with E-state index in [4.69, 9.17) is 0 Å². The van der Waals surface area contributed by atoms with Crippen LogP contribution < -0.4 is 5.32 Å². The molecule has 3 nitrogen and oxygen atoms in total. The van der Waals surface area contributed by atoms with Crippen molar-refractivity contribution in [3.63, 3.8) is 0 Å². The summed E-state index contributed by atoms with van der Waals surface area (Å²) in [5.74, 6) is 1.62. The standard InChI is InChI=1S/C14H20N2.C14H14O/c1-4-11-15-12(3)16-14(5-2)13-9-7-6-8-10-13;1-11(12-6-3-2-4-7-12)13-8-5-9-14(15)10-13/h5-10H,4,11H2,1-3H3,(H,15,16);2-11,15H,1H3/b14-5-;. The number of aromatic hydroxyl groups is 1. The van der Waals surface area contributed by atoms with Crippen LogP contribution in [0.2, 0.25) is 0 Å². The van der Waals surface area contributed by atoms with Gasteiger partial charge >= 0.3 is 0 Å². The topological polar surface area (TPSA) is 44.6 Å². The van der Waals surface area contributed by atoms with Crippen molar-refractivity contribution in [2.75, 3.05) is 6.54 Å². The van der Waals surface area contributed by atoms with Gasteiger partial charge in [-0.1, -0.05) is 92.7 Å².